The molecule has 1 aromatic carbocycles. The van der Waals surface area contributed by atoms with Gasteiger partial charge in [0.25, 0.3) is 5.91 Å². The molecule has 2 amide bonds. The zero-order valence-electron chi connectivity index (χ0n) is 15.7. The van der Waals surface area contributed by atoms with E-state index in [1.807, 2.05) is 18.2 Å². The highest BCUT2D eigenvalue weighted by molar-refractivity contribution is 5.94. The molecule has 148 valence electrons. The molecule has 3 N–H and O–H groups in total. The third kappa shape index (κ3) is 3.62. The van der Waals surface area contributed by atoms with E-state index in [4.69, 9.17) is 15.2 Å². The van der Waals surface area contributed by atoms with E-state index in [2.05, 4.69) is 15.3 Å². The Balaban J connectivity index is 1.74. The van der Waals surface area contributed by atoms with E-state index in [1.165, 1.54) is 7.11 Å². The third-order valence-electron chi connectivity index (χ3n) is 4.66. The summed E-state index contributed by atoms with van der Waals surface area (Å²) in [5.74, 6) is 0.461. The first-order chi connectivity index (χ1) is 14.1. The lowest BCUT2D eigenvalue weighted by Gasteiger charge is -2.24. The molecular formula is C20H19N5O4. The van der Waals surface area contributed by atoms with Crippen molar-refractivity contribution in [1.82, 2.24) is 14.5 Å². The van der Waals surface area contributed by atoms with Gasteiger partial charge in [0.05, 0.1) is 24.7 Å². The summed E-state index contributed by atoms with van der Waals surface area (Å²) in [5, 5.41) is 2.90. The summed E-state index contributed by atoms with van der Waals surface area (Å²) in [4.78, 5) is 32.2. The molecule has 3 aromatic rings. The number of benzene rings is 1. The number of amides is 2. The fourth-order valence-corrected chi connectivity index (χ4v) is 3.35. The number of hydrogen-bond acceptors (Lipinski definition) is 6. The van der Waals surface area contributed by atoms with Gasteiger partial charge < -0.3 is 20.5 Å². The Morgan fingerprint density at radius 3 is 2.93 bits per heavy atom. The van der Waals surface area contributed by atoms with Crippen LogP contribution >= 0.6 is 0 Å². The van der Waals surface area contributed by atoms with Gasteiger partial charge in [-0.2, -0.15) is 0 Å². The lowest BCUT2D eigenvalue weighted by atomic mass is 9.89. The van der Waals surface area contributed by atoms with E-state index >= 15 is 0 Å². The molecule has 29 heavy (non-hydrogen) atoms. The molecule has 0 fully saturated rings. The molecule has 1 aliphatic heterocycles. The minimum absolute atomic E-state index is 0.122. The Morgan fingerprint density at radius 1 is 1.34 bits per heavy atom. The summed E-state index contributed by atoms with van der Waals surface area (Å²) in [6, 6.07) is 9.03. The molecule has 0 saturated carbocycles. The van der Waals surface area contributed by atoms with Crippen LogP contribution in [0.1, 0.15) is 23.6 Å². The van der Waals surface area contributed by atoms with E-state index < -0.39 is 5.91 Å². The number of ether oxygens (including phenoxy) is 2. The lowest BCUT2D eigenvalue weighted by Crippen LogP contribution is -2.25. The van der Waals surface area contributed by atoms with Gasteiger partial charge in [0.1, 0.15) is 12.1 Å². The Hall–Kier alpha value is -3.88. The second kappa shape index (κ2) is 7.63. The molecule has 0 aliphatic carbocycles. The van der Waals surface area contributed by atoms with Gasteiger partial charge in [0.2, 0.25) is 5.91 Å². The number of fused-ring (bicyclic) bond motifs is 1. The lowest BCUT2D eigenvalue weighted by molar-refractivity contribution is -0.120. The normalized spacial score (nSPS) is 15.3. The average molecular weight is 393 g/mol. The minimum Gasteiger partial charge on any atom is -0.493 e. The maximum Gasteiger partial charge on any atom is 0.255 e. The number of hydrogen-bond donors (Lipinski definition) is 2. The molecule has 9 heteroatoms. The maximum atomic E-state index is 12.4. The van der Waals surface area contributed by atoms with Crippen LogP contribution in [0.2, 0.25) is 0 Å². The van der Waals surface area contributed by atoms with Crippen LogP contribution in [0, 0.1) is 0 Å². The molecule has 2 aromatic heterocycles. The smallest absolute Gasteiger partial charge is 0.255 e. The molecule has 0 saturated heterocycles. The van der Waals surface area contributed by atoms with Crippen molar-refractivity contribution in [3.8, 4) is 17.2 Å². The molecule has 0 unspecified atom stereocenters. The number of rotatable bonds is 6. The number of pyridine rings is 1. The number of anilines is 1. The predicted molar refractivity (Wildman–Crippen MR) is 104 cm³/mol. The summed E-state index contributed by atoms with van der Waals surface area (Å²) in [7, 11) is 1.51. The van der Waals surface area contributed by atoms with Crippen molar-refractivity contribution < 1.29 is 19.1 Å². The fourth-order valence-electron chi connectivity index (χ4n) is 3.35. The molecule has 0 spiro atoms. The number of carbonyl (C=O) groups is 2. The van der Waals surface area contributed by atoms with Crippen LogP contribution in [-0.2, 0) is 9.59 Å². The van der Waals surface area contributed by atoms with Gasteiger partial charge in [-0.15, -0.1) is 0 Å². The number of nitrogens with zero attached hydrogens (tertiary/aromatic N) is 3. The maximum absolute atomic E-state index is 12.4. The second-order valence-corrected chi connectivity index (χ2v) is 6.53. The topological polar surface area (TPSA) is 121 Å². The van der Waals surface area contributed by atoms with E-state index in [1.54, 1.807) is 35.4 Å². The van der Waals surface area contributed by atoms with Gasteiger partial charge in [0, 0.05) is 18.5 Å². The minimum atomic E-state index is -0.591. The molecular weight excluding hydrogens is 374 g/mol. The molecule has 9 nitrogen and oxygen atoms in total. The first-order valence-electron chi connectivity index (χ1n) is 8.93. The molecule has 3 heterocycles. The zero-order chi connectivity index (χ0) is 20.4. The largest absolute Gasteiger partial charge is 0.493 e. The van der Waals surface area contributed by atoms with Gasteiger partial charge >= 0.3 is 0 Å². The molecule has 0 bridgehead atoms. The SMILES string of the molecule is COc1ccc([C@H]2CC(=O)Nc3c2ncn3-c2cccnc2)cc1OCC(N)=O. The van der Waals surface area contributed by atoms with Crippen LogP contribution in [0.4, 0.5) is 5.82 Å². The molecule has 4 rings (SSSR count). The molecule has 0 radical (unpaired) electrons. The highest BCUT2D eigenvalue weighted by Crippen LogP contribution is 2.40. The number of aromatic nitrogens is 3. The Labute approximate surface area is 166 Å². The zero-order valence-corrected chi connectivity index (χ0v) is 15.7. The summed E-state index contributed by atoms with van der Waals surface area (Å²) < 4.78 is 12.6. The summed E-state index contributed by atoms with van der Waals surface area (Å²) in [6.07, 6.45) is 5.27. The number of nitrogens with one attached hydrogen (secondary N) is 1. The second-order valence-electron chi connectivity index (χ2n) is 6.53. The van der Waals surface area contributed by atoms with Gasteiger partial charge in [-0.1, -0.05) is 6.07 Å². The first kappa shape index (κ1) is 18.5. The number of imidazole rings is 1. The van der Waals surface area contributed by atoms with Gasteiger partial charge in [0.15, 0.2) is 18.1 Å². The summed E-state index contributed by atoms with van der Waals surface area (Å²) >= 11 is 0. The third-order valence-corrected chi connectivity index (χ3v) is 4.66. The van der Waals surface area contributed by atoms with Crippen LogP contribution < -0.4 is 20.5 Å². The Morgan fingerprint density at radius 2 is 2.21 bits per heavy atom. The number of carbonyl (C=O) groups excluding carboxylic acids is 2. The quantitative estimate of drug-likeness (QED) is 0.656. The van der Waals surface area contributed by atoms with Crippen LogP contribution in [0.5, 0.6) is 11.5 Å². The van der Waals surface area contributed by atoms with Crippen LogP contribution in [0.15, 0.2) is 49.1 Å². The van der Waals surface area contributed by atoms with Crippen LogP contribution in [0.25, 0.3) is 5.69 Å². The number of primary amides is 1. The fraction of sp³-hybridized carbons (Fsp3) is 0.200. The summed E-state index contributed by atoms with van der Waals surface area (Å²) in [5.41, 5.74) is 7.52. The average Bonchev–Trinajstić information content (AvgIpc) is 3.15. The van der Waals surface area contributed by atoms with E-state index in [0.717, 1.165) is 16.9 Å². The number of nitrogens with two attached hydrogens (primary N) is 1. The predicted octanol–water partition coefficient (Wildman–Crippen LogP) is 1.61. The van der Waals surface area contributed by atoms with Gasteiger partial charge in [-0.25, -0.2) is 4.98 Å². The van der Waals surface area contributed by atoms with Crippen molar-refractivity contribution in [2.75, 3.05) is 19.0 Å². The van der Waals surface area contributed by atoms with Gasteiger partial charge in [-0.3, -0.25) is 19.1 Å². The van der Waals surface area contributed by atoms with Crippen LogP contribution in [0.3, 0.4) is 0 Å². The van der Waals surface area contributed by atoms with Crippen molar-refractivity contribution in [1.29, 1.82) is 0 Å². The highest BCUT2D eigenvalue weighted by atomic mass is 16.5. The monoisotopic (exact) mass is 393 g/mol. The molecule has 1 aliphatic rings. The first-order valence-corrected chi connectivity index (χ1v) is 8.93. The van der Waals surface area contributed by atoms with Gasteiger partial charge in [-0.05, 0) is 29.8 Å². The van der Waals surface area contributed by atoms with Crippen LogP contribution in [-0.4, -0.2) is 40.1 Å². The van der Waals surface area contributed by atoms with E-state index in [-0.39, 0.29) is 24.9 Å². The highest BCUT2D eigenvalue weighted by Gasteiger charge is 2.31. The summed E-state index contributed by atoms with van der Waals surface area (Å²) in [6.45, 7) is -0.272. The van der Waals surface area contributed by atoms with Crippen molar-refractivity contribution in [3.05, 3.63) is 60.3 Å². The van der Waals surface area contributed by atoms with Crippen molar-refractivity contribution >= 4 is 17.6 Å². The number of methoxy groups -OCH3 is 1. The van der Waals surface area contributed by atoms with E-state index in [9.17, 15) is 9.59 Å². The standard InChI is InChI=1S/C20H19N5O4/c1-28-15-5-4-12(7-16(15)29-10-17(21)26)14-8-18(27)24-20-19(14)23-11-25(20)13-3-2-6-22-9-13/h2-7,9,11,14H,8,10H2,1H3,(H2,21,26)(H,24,27)/t14-/m1/s1. The van der Waals surface area contributed by atoms with Crippen molar-refractivity contribution in [2.45, 2.75) is 12.3 Å². The van der Waals surface area contributed by atoms with Crippen molar-refractivity contribution in [3.63, 3.8) is 0 Å². The van der Waals surface area contributed by atoms with Crippen molar-refractivity contribution in [2.24, 2.45) is 5.73 Å². The Bertz CT molecular complexity index is 1060. The Kier molecular flexibility index (Phi) is 4.86. The molecule has 1 atom stereocenters. The van der Waals surface area contributed by atoms with E-state index in [0.29, 0.717) is 17.3 Å².